The molecule has 33 heavy (non-hydrogen) atoms. The first kappa shape index (κ1) is 22.2. The average molecular weight is 442 g/mol. The summed E-state index contributed by atoms with van der Waals surface area (Å²) in [6, 6.07) is 17.7. The van der Waals surface area contributed by atoms with Crippen molar-refractivity contribution < 1.29 is 9.53 Å². The molecule has 4 rings (SSSR count). The number of pyridine rings is 1. The van der Waals surface area contributed by atoms with Crippen molar-refractivity contribution >= 4 is 24.0 Å². The molecule has 168 valence electrons. The molecule has 2 heterocycles. The number of aryl methyl sites for hydroxylation is 1. The van der Waals surface area contributed by atoms with Crippen LogP contribution in [0.1, 0.15) is 27.0 Å². The normalized spacial score (nSPS) is 14.2. The number of hydrazone groups is 1. The van der Waals surface area contributed by atoms with Crippen LogP contribution in [-0.2, 0) is 4.74 Å². The number of ether oxygens (including phenoxy) is 1. The molecule has 1 aromatic heterocycles. The summed E-state index contributed by atoms with van der Waals surface area (Å²) in [4.78, 5) is 19.2. The van der Waals surface area contributed by atoms with E-state index in [4.69, 9.17) is 10.6 Å². The first-order valence-corrected chi connectivity index (χ1v) is 10.8. The molecule has 1 saturated heterocycles. The van der Waals surface area contributed by atoms with Gasteiger partial charge in [0.05, 0.1) is 19.4 Å². The van der Waals surface area contributed by atoms with E-state index in [0.717, 1.165) is 33.6 Å². The summed E-state index contributed by atoms with van der Waals surface area (Å²) in [7, 11) is 0. The van der Waals surface area contributed by atoms with Crippen LogP contribution in [-0.4, -0.2) is 48.3 Å². The van der Waals surface area contributed by atoms with Crippen LogP contribution in [0.2, 0.25) is 0 Å². The van der Waals surface area contributed by atoms with Crippen LogP contribution in [0, 0.1) is 6.92 Å². The van der Waals surface area contributed by atoms with Crippen molar-refractivity contribution in [2.45, 2.75) is 6.92 Å². The van der Waals surface area contributed by atoms with Gasteiger partial charge in [0.25, 0.3) is 5.91 Å². The van der Waals surface area contributed by atoms with Gasteiger partial charge in [0.1, 0.15) is 5.82 Å². The highest BCUT2D eigenvalue weighted by atomic mass is 16.5. The molecule has 7 nitrogen and oxygen atoms in total. The van der Waals surface area contributed by atoms with Gasteiger partial charge in [-0.15, -0.1) is 0 Å². The molecule has 1 amide bonds. The van der Waals surface area contributed by atoms with E-state index in [1.54, 1.807) is 6.21 Å². The third-order valence-electron chi connectivity index (χ3n) is 5.48. The Bertz CT molecular complexity index is 1170. The number of benzene rings is 2. The summed E-state index contributed by atoms with van der Waals surface area (Å²) in [6.45, 7) is 4.45. The van der Waals surface area contributed by atoms with Crippen molar-refractivity contribution in [3.05, 3.63) is 89.2 Å². The summed E-state index contributed by atoms with van der Waals surface area (Å²) < 4.78 is 5.35. The Morgan fingerprint density at radius 2 is 1.85 bits per heavy atom. The number of nitrogens with two attached hydrogens (primary N) is 1. The van der Waals surface area contributed by atoms with E-state index < -0.39 is 0 Å². The van der Waals surface area contributed by atoms with E-state index in [1.807, 2.05) is 78.8 Å². The second-order valence-electron chi connectivity index (χ2n) is 7.80. The number of carbonyl (C=O) groups is 1. The summed E-state index contributed by atoms with van der Waals surface area (Å²) >= 11 is 0. The number of hydrogen-bond acceptors (Lipinski definition) is 6. The molecule has 0 saturated carbocycles. The van der Waals surface area contributed by atoms with Crippen LogP contribution in [0.15, 0.2) is 72.1 Å². The maximum atomic E-state index is 12.8. The number of anilines is 1. The quantitative estimate of drug-likeness (QED) is 0.344. The van der Waals surface area contributed by atoms with Crippen LogP contribution in [0.3, 0.4) is 0 Å². The van der Waals surface area contributed by atoms with E-state index in [9.17, 15) is 4.79 Å². The summed E-state index contributed by atoms with van der Waals surface area (Å²) in [6.07, 6.45) is 7.26. The maximum Gasteiger partial charge on any atom is 0.254 e. The van der Waals surface area contributed by atoms with E-state index >= 15 is 0 Å². The number of nitrogens with zero attached hydrogens (tertiary/aromatic N) is 3. The first-order chi connectivity index (χ1) is 16.1. The van der Waals surface area contributed by atoms with E-state index in [-0.39, 0.29) is 5.91 Å². The zero-order valence-corrected chi connectivity index (χ0v) is 18.6. The van der Waals surface area contributed by atoms with Crippen molar-refractivity contribution in [1.29, 1.82) is 0 Å². The lowest BCUT2D eigenvalue weighted by Gasteiger charge is -2.27. The standard InChI is InChI=1S/C26H27N5O2/c1-19-15-24(22-3-2-4-23(16-22)26(32)31-11-13-33-14-12-31)18-29-25(19)28-10-9-20-5-7-21(8-6-20)17-30-27/h2-10,15-18H,11-14,27H2,1H3,(H,28,29)/b10-9+,30-17-. The third kappa shape index (κ3) is 5.64. The van der Waals surface area contributed by atoms with Crippen LogP contribution in [0.25, 0.3) is 17.2 Å². The molecular formula is C26H27N5O2. The van der Waals surface area contributed by atoms with Gasteiger partial charge >= 0.3 is 0 Å². The molecular weight excluding hydrogens is 414 g/mol. The molecule has 3 N–H and O–H groups in total. The topological polar surface area (TPSA) is 92.8 Å². The maximum absolute atomic E-state index is 12.8. The van der Waals surface area contributed by atoms with Crippen molar-refractivity contribution in [2.24, 2.45) is 10.9 Å². The predicted octanol–water partition coefficient (Wildman–Crippen LogP) is 3.90. The number of nitrogens with one attached hydrogen (secondary N) is 1. The van der Waals surface area contributed by atoms with E-state index in [0.29, 0.717) is 31.9 Å². The monoisotopic (exact) mass is 441 g/mol. The Labute approximate surface area is 193 Å². The summed E-state index contributed by atoms with van der Waals surface area (Å²) in [5, 5.41) is 6.77. The summed E-state index contributed by atoms with van der Waals surface area (Å²) in [5.41, 5.74) is 5.63. The van der Waals surface area contributed by atoms with Gasteiger partial charge in [0.15, 0.2) is 0 Å². The molecule has 2 aromatic carbocycles. The summed E-state index contributed by atoms with van der Waals surface area (Å²) in [5.74, 6) is 5.99. The van der Waals surface area contributed by atoms with Crippen LogP contribution in [0.4, 0.5) is 5.82 Å². The molecule has 0 spiro atoms. The van der Waals surface area contributed by atoms with E-state index in [1.165, 1.54) is 0 Å². The second kappa shape index (κ2) is 10.6. The highest BCUT2D eigenvalue weighted by molar-refractivity contribution is 5.95. The van der Waals surface area contributed by atoms with Crippen LogP contribution in [0.5, 0.6) is 0 Å². The lowest BCUT2D eigenvalue weighted by molar-refractivity contribution is 0.0303. The molecule has 1 fully saturated rings. The second-order valence-corrected chi connectivity index (χ2v) is 7.80. The lowest BCUT2D eigenvalue weighted by atomic mass is 10.0. The Morgan fingerprint density at radius 3 is 2.58 bits per heavy atom. The van der Waals surface area contributed by atoms with Crippen molar-refractivity contribution in [3.8, 4) is 11.1 Å². The Morgan fingerprint density at radius 1 is 1.09 bits per heavy atom. The number of carbonyl (C=O) groups excluding carboxylic acids is 1. The van der Waals surface area contributed by atoms with Gasteiger partial charge in [-0.3, -0.25) is 4.79 Å². The van der Waals surface area contributed by atoms with E-state index in [2.05, 4.69) is 21.5 Å². The SMILES string of the molecule is Cc1cc(-c2cccc(C(=O)N3CCOCC3)c2)cnc1N/C=C/c1ccc(/C=N\N)cc1. The lowest BCUT2D eigenvalue weighted by Crippen LogP contribution is -2.40. The van der Waals surface area contributed by atoms with Crippen LogP contribution < -0.4 is 11.2 Å². The predicted molar refractivity (Wildman–Crippen MR) is 132 cm³/mol. The minimum atomic E-state index is 0.0385. The van der Waals surface area contributed by atoms with Gasteiger partial charge in [0.2, 0.25) is 0 Å². The fraction of sp³-hybridized carbons (Fsp3) is 0.192. The van der Waals surface area contributed by atoms with Gasteiger partial charge in [-0.2, -0.15) is 5.10 Å². The molecule has 0 unspecified atom stereocenters. The molecule has 1 aliphatic rings. The largest absolute Gasteiger partial charge is 0.378 e. The number of hydrogen-bond donors (Lipinski definition) is 2. The minimum Gasteiger partial charge on any atom is -0.378 e. The molecule has 0 bridgehead atoms. The Balaban J connectivity index is 1.44. The number of amides is 1. The zero-order chi connectivity index (χ0) is 23.0. The molecule has 0 aliphatic carbocycles. The van der Waals surface area contributed by atoms with Gasteiger partial charge in [-0.1, -0.05) is 36.4 Å². The zero-order valence-electron chi connectivity index (χ0n) is 18.6. The number of morpholine rings is 1. The molecule has 3 aromatic rings. The molecule has 1 aliphatic heterocycles. The number of aromatic nitrogens is 1. The third-order valence-corrected chi connectivity index (χ3v) is 5.48. The smallest absolute Gasteiger partial charge is 0.254 e. The van der Waals surface area contributed by atoms with Gasteiger partial charge in [-0.25, -0.2) is 4.98 Å². The van der Waals surface area contributed by atoms with Crippen molar-refractivity contribution in [3.63, 3.8) is 0 Å². The molecule has 7 heteroatoms. The average Bonchev–Trinajstić information content (AvgIpc) is 2.86. The highest BCUT2D eigenvalue weighted by Gasteiger charge is 2.18. The minimum absolute atomic E-state index is 0.0385. The van der Waals surface area contributed by atoms with Crippen molar-refractivity contribution in [2.75, 3.05) is 31.6 Å². The first-order valence-electron chi connectivity index (χ1n) is 10.8. The van der Waals surface area contributed by atoms with Crippen molar-refractivity contribution in [1.82, 2.24) is 9.88 Å². The Hall–Kier alpha value is -3.97. The molecule has 0 radical (unpaired) electrons. The molecule has 0 atom stereocenters. The van der Waals surface area contributed by atoms with Gasteiger partial charge < -0.3 is 20.8 Å². The fourth-order valence-corrected chi connectivity index (χ4v) is 3.66. The fourth-order valence-electron chi connectivity index (χ4n) is 3.66. The highest BCUT2D eigenvalue weighted by Crippen LogP contribution is 2.24. The Kier molecular flexibility index (Phi) is 7.12. The van der Waals surface area contributed by atoms with Crippen LogP contribution >= 0.6 is 0 Å². The van der Waals surface area contributed by atoms with Gasteiger partial charge in [0, 0.05) is 36.6 Å². The number of rotatable bonds is 6. The van der Waals surface area contributed by atoms with Gasteiger partial charge in [-0.05, 0) is 53.5 Å².